The van der Waals surface area contributed by atoms with Gasteiger partial charge < -0.3 is 14.2 Å². The molecule has 0 spiro atoms. The number of hydrogen-bond acceptors (Lipinski definition) is 6. The van der Waals surface area contributed by atoms with Gasteiger partial charge in [0, 0.05) is 5.56 Å². The number of carbonyl (C=O) groups excluding carboxylic acids is 2. The molecule has 2 aromatic carbocycles. The van der Waals surface area contributed by atoms with Crippen molar-refractivity contribution in [3.05, 3.63) is 65.7 Å². The van der Waals surface area contributed by atoms with Crippen LogP contribution in [0.4, 0.5) is 0 Å². The van der Waals surface area contributed by atoms with Crippen LogP contribution in [0.2, 0.25) is 0 Å². The molecule has 1 aliphatic heterocycles. The van der Waals surface area contributed by atoms with E-state index in [-0.39, 0.29) is 18.9 Å². The summed E-state index contributed by atoms with van der Waals surface area (Å²) in [6.07, 6.45) is 0.152. The lowest BCUT2D eigenvalue weighted by molar-refractivity contribution is -0.159. The number of methoxy groups -OCH3 is 1. The normalized spacial score (nSPS) is 18.8. The number of hydrogen-bond donors (Lipinski definition) is 0. The highest BCUT2D eigenvalue weighted by Crippen LogP contribution is 2.29. The van der Waals surface area contributed by atoms with E-state index in [1.807, 2.05) is 30.3 Å². The lowest BCUT2D eigenvalue weighted by atomic mass is 9.98. The number of aliphatic imine (C=N–C) groups is 1. The summed E-state index contributed by atoms with van der Waals surface area (Å²) in [7, 11) is 1.56. The highest BCUT2D eigenvalue weighted by Gasteiger charge is 2.53. The highest BCUT2D eigenvalue weighted by atomic mass is 16.6. The maximum Gasteiger partial charge on any atom is 0.352 e. The summed E-state index contributed by atoms with van der Waals surface area (Å²) in [4.78, 5) is 29.3. The molecule has 0 aromatic heterocycles. The Kier molecular flexibility index (Phi) is 5.02. The molecular weight excluding hydrogens is 334 g/mol. The van der Waals surface area contributed by atoms with Crippen LogP contribution in [0.1, 0.15) is 24.5 Å². The van der Waals surface area contributed by atoms with Crippen LogP contribution in [-0.4, -0.2) is 30.5 Å². The molecule has 2 aromatic rings. The molecule has 1 aliphatic rings. The van der Waals surface area contributed by atoms with E-state index >= 15 is 0 Å². The standard InChI is InChI=1S/C20H19NO5/c1-3-20(18(22)25-13-14-7-5-4-6-8-14)19(23)26-17(21-20)15-9-11-16(24-2)12-10-15/h4-12H,3,13H2,1-2H3/t20-/m0/s1. The molecular formula is C20H19NO5. The molecule has 0 saturated heterocycles. The first kappa shape index (κ1) is 17.7. The van der Waals surface area contributed by atoms with Gasteiger partial charge in [0.25, 0.3) is 5.54 Å². The summed E-state index contributed by atoms with van der Waals surface area (Å²) in [6.45, 7) is 1.77. The van der Waals surface area contributed by atoms with Crippen molar-refractivity contribution in [3.8, 4) is 5.75 Å². The van der Waals surface area contributed by atoms with Gasteiger partial charge in [-0.25, -0.2) is 14.6 Å². The number of cyclic esters (lactones) is 1. The second-order valence-electron chi connectivity index (χ2n) is 5.81. The summed E-state index contributed by atoms with van der Waals surface area (Å²) < 4.78 is 15.7. The molecule has 26 heavy (non-hydrogen) atoms. The summed E-state index contributed by atoms with van der Waals surface area (Å²) in [5.74, 6) is -0.653. The maximum atomic E-state index is 12.6. The third kappa shape index (κ3) is 3.31. The third-order valence-corrected chi connectivity index (χ3v) is 4.22. The first-order chi connectivity index (χ1) is 12.6. The molecule has 0 radical (unpaired) electrons. The molecule has 0 amide bonds. The third-order valence-electron chi connectivity index (χ3n) is 4.22. The minimum Gasteiger partial charge on any atom is -0.497 e. The molecule has 1 heterocycles. The molecule has 0 N–H and O–H groups in total. The average molecular weight is 353 g/mol. The van der Waals surface area contributed by atoms with Crippen LogP contribution < -0.4 is 4.74 Å². The van der Waals surface area contributed by atoms with Gasteiger partial charge in [-0.1, -0.05) is 37.3 Å². The molecule has 0 saturated carbocycles. The Balaban J connectivity index is 1.81. The highest BCUT2D eigenvalue weighted by molar-refractivity contribution is 6.17. The minimum atomic E-state index is -1.66. The second-order valence-corrected chi connectivity index (χ2v) is 5.81. The quantitative estimate of drug-likeness (QED) is 0.590. The van der Waals surface area contributed by atoms with Gasteiger partial charge in [-0.05, 0) is 36.2 Å². The lowest BCUT2D eigenvalue weighted by Crippen LogP contribution is -2.43. The Morgan fingerprint density at radius 2 is 1.81 bits per heavy atom. The van der Waals surface area contributed by atoms with Gasteiger partial charge in [0.1, 0.15) is 12.4 Å². The molecule has 6 nitrogen and oxygen atoms in total. The van der Waals surface area contributed by atoms with Crippen LogP contribution in [0.3, 0.4) is 0 Å². The smallest absolute Gasteiger partial charge is 0.352 e. The number of rotatable bonds is 6. The van der Waals surface area contributed by atoms with Gasteiger partial charge in [0.2, 0.25) is 5.90 Å². The fraction of sp³-hybridized carbons (Fsp3) is 0.250. The van der Waals surface area contributed by atoms with E-state index in [2.05, 4.69) is 4.99 Å². The largest absolute Gasteiger partial charge is 0.497 e. The molecule has 134 valence electrons. The van der Waals surface area contributed by atoms with Crippen LogP contribution in [0, 0.1) is 0 Å². The number of benzene rings is 2. The SMILES string of the molecule is CC[C@@]1(C(=O)OCc2ccccc2)N=C(c2ccc(OC)cc2)OC1=O. The summed E-state index contributed by atoms with van der Waals surface area (Å²) in [6, 6.07) is 16.1. The maximum absolute atomic E-state index is 12.6. The zero-order chi connectivity index (χ0) is 18.6. The van der Waals surface area contributed by atoms with Crippen molar-refractivity contribution in [2.24, 2.45) is 4.99 Å². The van der Waals surface area contributed by atoms with Crippen LogP contribution >= 0.6 is 0 Å². The van der Waals surface area contributed by atoms with E-state index in [4.69, 9.17) is 14.2 Å². The number of nitrogens with zero attached hydrogens (tertiary/aromatic N) is 1. The molecule has 0 fully saturated rings. The van der Waals surface area contributed by atoms with Crippen molar-refractivity contribution in [2.45, 2.75) is 25.5 Å². The molecule has 0 aliphatic carbocycles. The van der Waals surface area contributed by atoms with Crippen molar-refractivity contribution in [2.75, 3.05) is 7.11 Å². The fourth-order valence-electron chi connectivity index (χ4n) is 2.61. The van der Waals surface area contributed by atoms with Gasteiger partial charge >= 0.3 is 11.9 Å². The van der Waals surface area contributed by atoms with Crippen molar-refractivity contribution in [1.29, 1.82) is 0 Å². The number of carbonyl (C=O) groups is 2. The Bertz CT molecular complexity index is 829. The first-order valence-electron chi connectivity index (χ1n) is 8.27. The first-order valence-corrected chi connectivity index (χ1v) is 8.27. The van der Waals surface area contributed by atoms with Gasteiger partial charge in [0.15, 0.2) is 0 Å². The van der Waals surface area contributed by atoms with E-state index in [1.54, 1.807) is 38.3 Å². The Labute approximate surface area is 151 Å². The van der Waals surface area contributed by atoms with Crippen LogP contribution in [0.5, 0.6) is 5.75 Å². The predicted octanol–water partition coefficient (Wildman–Crippen LogP) is 2.89. The number of ether oxygens (including phenoxy) is 3. The zero-order valence-electron chi connectivity index (χ0n) is 14.6. The molecule has 0 unspecified atom stereocenters. The minimum absolute atomic E-state index is 0.0715. The van der Waals surface area contributed by atoms with Gasteiger partial charge in [0.05, 0.1) is 7.11 Å². The van der Waals surface area contributed by atoms with Crippen LogP contribution in [0.15, 0.2) is 59.6 Å². The Hall–Kier alpha value is -3.15. The number of esters is 2. The van der Waals surface area contributed by atoms with E-state index in [1.165, 1.54) is 0 Å². The summed E-state index contributed by atoms with van der Waals surface area (Å²) >= 11 is 0. The molecule has 0 bridgehead atoms. The van der Waals surface area contributed by atoms with E-state index < -0.39 is 17.5 Å². The molecule has 3 rings (SSSR count). The van der Waals surface area contributed by atoms with Crippen molar-refractivity contribution >= 4 is 17.8 Å². The summed E-state index contributed by atoms with van der Waals surface area (Å²) in [5, 5.41) is 0. The Morgan fingerprint density at radius 1 is 1.12 bits per heavy atom. The van der Waals surface area contributed by atoms with E-state index in [9.17, 15) is 9.59 Å². The molecule has 1 atom stereocenters. The van der Waals surface area contributed by atoms with Crippen molar-refractivity contribution in [1.82, 2.24) is 0 Å². The Morgan fingerprint density at radius 3 is 2.42 bits per heavy atom. The van der Waals surface area contributed by atoms with Crippen LogP contribution in [0.25, 0.3) is 0 Å². The predicted molar refractivity (Wildman–Crippen MR) is 94.9 cm³/mol. The van der Waals surface area contributed by atoms with Gasteiger partial charge in [-0.15, -0.1) is 0 Å². The van der Waals surface area contributed by atoms with E-state index in [0.717, 1.165) is 5.56 Å². The lowest BCUT2D eigenvalue weighted by Gasteiger charge is -2.18. The topological polar surface area (TPSA) is 74.2 Å². The van der Waals surface area contributed by atoms with Gasteiger partial charge in [-0.2, -0.15) is 0 Å². The second kappa shape index (κ2) is 7.39. The average Bonchev–Trinajstić information content (AvgIpc) is 3.04. The van der Waals surface area contributed by atoms with Crippen LogP contribution in [-0.2, 0) is 25.7 Å². The summed E-state index contributed by atoms with van der Waals surface area (Å²) in [5.41, 5.74) is -0.243. The molecule has 6 heteroatoms. The fourth-order valence-corrected chi connectivity index (χ4v) is 2.61. The monoisotopic (exact) mass is 353 g/mol. The van der Waals surface area contributed by atoms with Crippen molar-refractivity contribution in [3.63, 3.8) is 0 Å². The zero-order valence-corrected chi connectivity index (χ0v) is 14.6. The van der Waals surface area contributed by atoms with E-state index in [0.29, 0.717) is 11.3 Å². The van der Waals surface area contributed by atoms with Gasteiger partial charge in [-0.3, -0.25) is 0 Å². The van der Waals surface area contributed by atoms with Crippen molar-refractivity contribution < 1.29 is 23.8 Å².